The number of ether oxygens (including phenoxy) is 1. The number of benzene rings is 2. The molecule has 0 atom stereocenters. The van der Waals surface area contributed by atoms with Crippen LogP contribution in [-0.4, -0.2) is 37.4 Å². The molecular weight excluding hydrogens is 382 g/mol. The molecule has 0 aromatic heterocycles. The Labute approximate surface area is 176 Å². The molecule has 0 fully saturated rings. The first-order chi connectivity index (χ1) is 14.3. The maximum atomic E-state index is 12.6. The van der Waals surface area contributed by atoms with Gasteiger partial charge in [0.15, 0.2) is 0 Å². The van der Waals surface area contributed by atoms with Gasteiger partial charge in [0.05, 0.1) is 18.8 Å². The van der Waals surface area contributed by atoms with E-state index >= 15 is 0 Å². The van der Waals surface area contributed by atoms with Crippen LogP contribution in [0.15, 0.2) is 36.4 Å². The standard InChI is InChI=1S/C23H27N3O4/c1-15-12-16(2)23(17(3)13-15)25-21(28)14-24-20(27)8-9-22(29)26-10-11-30-19-7-5-4-6-18(19)26/h4-7,12-13H,8-11,14H2,1-3H3,(H,24,27)(H,25,28). The second-order valence-electron chi connectivity index (χ2n) is 7.46. The van der Waals surface area contributed by atoms with E-state index in [0.717, 1.165) is 28.1 Å². The zero-order chi connectivity index (χ0) is 21.7. The van der Waals surface area contributed by atoms with Crippen molar-refractivity contribution in [2.24, 2.45) is 0 Å². The van der Waals surface area contributed by atoms with Crippen LogP contribution < -0.4 is 20.3 Å². The molecule has 3 rings (SSSR count). The summed E-state index contributed by atoms with van der Waals surface area (Å²) in [7, 11) is 0. The van der Waals surface area contributed by atoms with Gasteiger partial charge in [-0.2, -0.15) is 0 Å². The van der Waals surface area contributed by atoms with Crippen LogP contribution in [0.2, 0.25) is 0 Å². The van der Waals surface area contributed by atoms with E-state index in [-0.39, 0.29) is 37.1 Å². The molecule has 2 aromatic carbocycles. The number of hydrogen-bond acceptors (Lipinski definition) is 4. The molecule has 1 aliphatic rings. The number of carbonyl (C=O) groups excluding carboxylic acids is 3. The summed E-state index contributed by atoms with van der Waals surface area (Å²) < 4.78 is 5.55. The predicted octanol–water partition coefficient (Wildman–Crippen LogP) is 2.87. The van der Waals surface area contributed by atoms with Crippen molar-refractivity contribution >= 4 is 29.1 Å². The van der Waals surface area contributed by atoms with E-state index in [1.807, 2.05) is 57.2 Å². The number of para-hydroxylation sites is 2. The lowest BCUT2D eigenvalue weighted by Crippen LogP contribution is -2.39. The molecule has 0 bridgehead atoms. The van der Waals surface area contributed by atoms with Crippen LogP contribution in [0.4, 0.5) is 11.4 Å². The third-order valence-corrected chi connectivity index (χ3v) is 4.98. The summed E-state index contributed by atoms with van der Waals surface area (Å²) in [5, 5.41) is 5.43. The largest absolute Gasteiger partial charge is 0.490 e. The molecule has 158 valence electrons. The topological polar surface area (TPSA) is 87.7 Å². The highest BCUT2D eigenvalue weighted by Crippen LogP contribution is 2.31. The number of nitrogens with zero attached hydrogens (tertiary/aromatic N) is 1. The Morgan fingerprint density at radius 2 is 1.70 bits per heavy atom. The highest BCUT2D eigenvalue weighted by Gasteiger charge is 2.23. The molecule has 7 heteroatoms. The second kappa shape index (κ2) is 9.43. The number of carbonyl (C=O) groups is 3. The lowest BCUT2D eigenvalue weighted by atomic mass is 10.1. The zero-order valence-corrected chi connectivity index (χ0v) is 17.6. The molecule has 2 N–H and O–H groups in total. The van der Waals surface area contributed by atoms with Crippen LogP contribution in [0.5, 0.6) is 5.75 Å². The minimum Gasteiger partial charge on any atom is -0.490 e. The molecule has 0 spiro atoms. The van der Waals surface area contributed by atoms with Gasteiger partial charge in [-0.3, -0.25) is 14.4 Å². The number of hydrogen-bond donors (Lipinski definition) is 2. The number of nitrogens with one attached hydrogen (secondary N) is 2. The summed E-state index contributed by atoms with van der Waals surface area (Å²) in [4.78, 5) is 38.5. The minimum absolute atomic E-state index is 0.0220. The lowest BCUT2D eigenvalue weighted by Gasteiger charge is -2.29. The number of amides is 3. The third-order valence-electron chi connectivity index (χ3n) is 4.98. The maximum absolute atomic E-state index is 12.6. The fraction of sp³-hybridized carbons (Fsp3) is 0.348. The van der Waals surface area contributed by atoms with Gasteiger partial charge in [0.2, 0.25) is 17.7 Å². The molecule has 2 aromatic rings. The van der Waals surface area contributed by atoms with Gasteiger partial charge in [0.25, 0.3) is 0 Å². The summed E-state index contributed by atoms with van der Waals surface area (Å²) in [6.07, 6.45) is 0.0895. The molecule has 0 saturated carbocycles. The van der Waals surface area contributed by atoms with Gasteiger partial charge >= 0.3 is 0 Å². The molecule has 30 heavy (non-hydrogen) atoms. The molecule has 0 saturated heterocycles. The smallest absolute Gasteiger partial charge is 0.243 e. The van der Waals surface area contributed by atoms with Crippen LogP contribution in [0.1, 0.15) is 29.5 Å². The molecule has 1 heterocycles. The average Bonchev–Trinajstić information content (AvgIpc) is 2.72. The highest BCUT2D eigenvalue weighted by atomic mass is 16.5. The van der Waals surface area contributed by atoms with Crippen LogP contribution in [-0.2, 0) is 14.4 Å². The monoisotopic (exact) mass is 409 g/mol. The van der Waals surface area contributed by atoms with Gasteiger partial charge in [0, 0.05) is 18.5 Å². The van der Waals surface area contributed by atoms with Gasteiger partial charge in [-0.15, -0.1) is 0 Å². The summed E-state index contributed by atoms with van der Waals surface area (Å²) in [5.74, 6) is -0.111. The quantitative estimate of drug-likeness (QED) is 0.768. The number of aryl methyl sites for hydroxylation is 3. The molecule has 7 nitrogen and oxygen atoms in total. The summed E-state index contributed by atoms with van der Waals surface area (Å²) in [6.45, 7) is 6.61. The number of rotatable bonds is 6. The average molecular weight is 409 g/mol. The first-order valence-electron chi connectivity index (χ1n) is 10.0. The molecule has 0 unspecified atom stereocenters. The number of anilines is 2. The Kier molecular flexibility index (Phi) is 6.72. The third kappa shape index (κ3) is 5.17. The van der Waals surface area contributed by atoms with Crippen molar-refractivity contribution in [1.82, 2.24) is 5.32 Å². The summed E-state index contributed by atoms with van der Waals surface area (Å²) in [6, 6.07) is 11.3. The Bertz CT molecular complexity index is 948. The molecule has 3 amide bonds. The van der Waals surface area contributed by atoms with Gasteiger partial charge in [-0.05, 0) is 44.0 Å². The lowest BCUT2D eigenvalue weighted by molar-refractivity contribution is -0.126. The summed E-state index contributed by atoms with van der Waals surface area (Å²) >= 11 is 0. The fourth-order valence-corrected chi connectivity index (χ4v) is 3.61. The van der Waals surface area contributed by atoms with Crippen molar-refractivity contribution in [3.05, 3.63) is 53.1 Å². The van der Waals surface area contributed by atoms with E-state index in [1.54, 1.807) is 4.90 Å². The van der Waals surface area contributed by atoms with E-state index in [4.69, 9.17) is 4.74 Å². The summed E-state index contributed by atoms with van der Waals surface area (Å²) in [5.41, 5.74) is 4.56. The normalized spacial score (nSPS) is 12.6. The molecule has 0 radical (unpaired) electrons. The van der Waals surface area contributed by atoms with Crippen LogP contribution >= 0.6 is 0 Å². The predicted molar refractivity (Wildman–Crippen MR) is 116 cm³/mol. The maximum Gasteiger partial charge on any atom is 0.243 e. The van der Waals surface area contributed by atoms with E-state index < -0.39 is 0 Å². The van der Waals surface area contributed by atoms with Crippen LogP contribution in [0.3, 0.4) is 0 Å². The second-order valence-corrected chi connectivity index (χ2v) is 7.46. The van der Waals surface area contributed by atoms with Gasteiger partial charge in [0.1, 0.15) is 12.4 Å². The van der Waals surface area contributed by atoms with Gasteiger partial charge in [-0.1, -0.05) is 29.8 Å². The van der Waals surface area contributed by atoms with Crippen LogP contribution in [0.25, 0.3) is 0 Å². The van der Waals surface area contributed by atoms with Gasteiger partial charge in [-0.25, -0.2) is 0 Å². The minimum atomic E-state index is -0.336. The van der Waals surface area contributed by atoms with Gasteiger partial charge < -0.3 is 20.3 Å². The Hall–Kier alpha value is -3.35. The first-order valence-corrected chi connectivity index (χ1v) is 10.0. The van der Waals surface area contributed by atoms with Crippen molar-refractivity contribution in [2.75, 3.05) is 29.9 Å². The van der Waals surface area contributed by atoms with Crippen molar-refractivity contribution in [1.29, 1.82) is 0 Å². The van der Waals surface area contributed by atoms with Crippen molar-refractivity contribution < 1.29 is 19.1 Å². The molecule has 0 aliphatic carbocycles. The first kappa shape index (κ1) is 21.4. The van der Waals surface area contributed by atoms with Crippen LogP contribution in [0, 0.1) is 20.8 Å². The zero-order valence-electron chi connectivity index (χ0n) is 17.6. The van der Waals surface area contributed by atoms with Crippen molar-refractivity contribution in [3.63, 3.8) is 0 Å². The van der Waals surface area contributed by atoms with E-state index in [2.05, 4.69) is 10.6 Å². The highest BCUT2D eigenvalue weighted by molar-refractivity contribution is 5.98. The Morgan fingerprint density at radius 1 is 1.00 bits per heavy atom. The fourth-order valence-electron chi connectivity index (χ4n) is 3.61. The molecular formula is C23H27N3O4. The van der Waals surface area contributed by atoms with Crippen molar-refractivity contribution in [3.8, 4) is 5.75 Å². The number of fused-ring (bicyclic) bond motifs is 1. The van der Waals surface area contributed by atoms with E-state index in [9.17, 15) is 14.4 Å². The SMILES string of the molecule is Cc1cc(C)c(NC(=O)CNC(=O)CCC(=O)N2CCOc3ccccc32)c(C)c1. The Morgan fingerprint density at radius 3 is 2.43 bits per heavy atom. The Balaban J connectivity index is 1.46. The van der Waals surface area contributed by atoms with Crippen molar-refractivity contribution in [2.45, 2.75) is 33.6 Å². The molecule has 1 aliphatic heterocycles. The van der Waals surface area contributed by atoms with E-state index in [1.165, 1.54) is 0 Å². The van der Waals surface area contributed by atoms with E-state index in [0.29, 0.717) is 18.9 Å².